The third-order valence-electron chi connectivity index (χ3n) is 6.95. The number of piperazine rings is 1. The van der Waals surface area contributed by atoms with E-state index in [4.69, 9.17) is 21.3 Å². The molecule has 3 heterocycles. The second kappa shape index (κ2) is 10.2. The number of anilines is 1. The largest absolute Gasteiger partial charge is 0.493 e. The average Bonchev–Trinajstić information content (AvgIpc) is 3.33. The summed E-state index contributed by atoms with van der Waals surface area (Å²) in [5, 5.41) is 1.40. The number of halogens is 1. The van der Waals surface area contributed by atoms with Gasteiger partial charge in [0, 0.05) is 44.3 Å². The lowest BCUT2D eigenvalue weighted by atomic mass is 10.1. The number of benzene rings is 2. The average molecular weight is 549 g/mol. The molecule has 5 rings (SSSR count). The molecule has 2 aliphatic rings. The van der Waals surface area contributed by atoms with E-state index in [0.717, 1.165) is 34.6 Å². The first-order valence-electron chi connectivity index (χ1n) is 12.1. The van der Waals surface area contributed by atoms with Crippen molar-refractivity contribution in [1.82, 2.24) is 14.2 Å². The molecular weight excluding hydrogens is 520 g/mol. The van der Waals surface area contributed by atoms with Gasteiger partial charge in [0.05, 0.1) is 21.7 Å². The van der Waals surface area contributed by atoms with E-state index < -0.39 is 10.0 Å². The van der Waals surface area contributed by atoms with E-state index in [1.54, 1.807) is 51.9 Å². The maximum absolute atomic E-state index is 13.1. The highest BCUT2D eigenvalue weighted by Gasteiger charge is 2.31. The quantitative estimate of drug-likeness (QED) is 0.467. The summed E-state index contributed by atoms with van der Waals surface area (Å²) < 4.78 is 34.2. The van der Waals surface area contributed by atoms with Crippen LogP contribution in [0.25, 0.3) is 10.2 Å². The number of ether oxygens (including phenoxy) is 1. The number of hydrogen-bond donors (Lipinski definition) is 0. The fourth-order valence-corrected chi connectivity index (χ4v) is 7.83. The van der Waals surface area contributed by atoms with Gasteiger partial charge in [0.2, 0.25) is 10.0 Å². The first kappa shape index (κ1) is 25.3. The van der Waals surface area contributed by atoms with E-state index in [0.29, 0.717) is 49.1 Å². The molecule has 2 aromatic carbocycles. The van der Waals surface area contributed by atoms with E-state index in [1.165, 1.54) is 0 Å². The van der Waals surface area contributed by atoms with Crippen LogP contribution in [-0.4, -0.2) is 74.4 Å². The third-order valence-corrected chi connectivity index (χ3v) is 10.4. The molecular formula is C25H29ClN4O4S2. The number of sulfonamides is 1. The molecule has 1 amide bonds. The zero-order valence-corrected chi connectivity index (χ0v) is 22.7. The van der Waals surface area contributed by atoms with Crippen LogP contribution in [0.1, 0.15) is 36.5 Å². The highest BCUT2D eigenvalue weighted by molar-refractivity contribution is 7.89. The van der Waals surface area contributed by atoms with Crippen molar-refractivity contribution in [2.24, 2.45) is 0 Å². The van der Waals surface area contributed by atoms with Crippen molar-refractivity contribution in [3.05, 3.63) is 47.0 Å². The number of thiazole rings is 1. The second-order valence-electron chi connectivity index (χ2n) is 9.19. The molecule has 0 radical (unpaired) electrons. The topological polar surface area (TPSA) is 83.0 Å². The van der Waals surface area contributed by atoms with E-state index in [2.05, 4.69) is 4.90 Å². The van der Waals surface area contributed by atoms with E-state index in [9.17, 15) is 13.2 Å². The molecule has 1 aromatic heterocycles. The van der Waals surface area contributed by atoms with E-state index in [-0.39, 0.29) is 16.8 Å². The normalized spacial score (nSPS) is 19.6. The molecule has 0 N–H and O–H groups in total. The maximum Gasteiger partial charge on any atom is 0.253 e. The van der Waals surface area contributed by atoms with Crippen LogP contribution in [0.5, 0.6) is 5.75 Å². The van der Waals surface area contributed by atoms with Crippen molar-refractivity contribution < 1.29 is 17.9 Å². The van der Waals surface area contributed by atoms with Crippen molar-refractivity contribution >= 4 is 54.2 Å². The molecule has 2 aliphatic heterocycles. The summed E-state index contributed by atoms with van der Waals surface area (Å²) >= 11 is 7.81. The predicted molar refractivity (Wildman–Crippen MR) is 143 cm³/mol. The van der Waals surface area contributed by atoms with Crippen LogP contribution >= 0.6 is 22.9 Å². The zero-order chi connectivity index (χ0) is 25.4. The number of rotatable bonds is 5. The molecule has 2 fully saturated rings. The van der Waals surface area contributed by atoms with Gasteiger partial charge >= 0.3 is 0 Å². The van der Waals surface area contributed by atoms with Crippen molar-refractivity contribution in [2.45, 2.75) is 37.1 Å². The SMILES string of the molecule is COc1c(Cl)ccc2sc(N3CCN(C(=O)c4ccc(S(=O)(=O)N5CCCCC5C)cc4)CC3)nc12. The summed E-state index contributed by atoms with van der Waals surface area (Å²) in [5.74, 6) is 0.480. The number of fused-ring (bicyclic) bond motifs is 1. The molecule has 11 heteroatoms. The van der Waals surface area contributed by atoms with Crippen LogP contribution in [0.2, 0.25) is 5.02 Å². The Balaban J connectivity index is 1.25. The van der Waals surface area contributed by atoms with Crippen LogP contribution in [0.3, 0.4) is 0 Å². The van der Waals surface area contributed by atoms with Crippen LogP contribution in [0.15, 0.2) is 41.3 Å². The van der Waals surface area contributed by atoms with Gasteiger partial charge in [0.15, 0.2) is 10.9 Å². The van der Waals surface area contributed by atoms with Gasteiger partial charge in [0.1, 0.15) is 5.52 Å². The molecule has 192 valence electrons. The van der Waals surface area contributed by atoms with Gasteiger partial charge in [-0.15, -0.1) is 0 Å². The monoisotopic (exact) mass is 548 g/mol. The minimum Gasteiger partial charge on any atom is -0.493 e. The minimum absolute atomic E-state index is 0.00476. The number of amides is 1. The van der Waals surface area contributed by atoms with Crippen LogP contribution in [-0.2, 0) is 10.0 Å². The Morgan fingerprint density at radius 2 is 1.78 bits per heavy atom. The minimum atomic E-state index is -3.56. The molecule has 1 unspecified atom stereocenters. The van der Waals surface area contributed by atoms with E-state index in [1.807, 2.05) is 19.1 Å². The first-order valence-corrected chi connectivity index (χ1v) is 14.7. The standard InChI is InChI=1S/C25H29ClN4O4S2/c1-17-5-3-4-12-30(17)36(32,33)19-8-6-18(7-9-19)24(31)28-13-15-29(16-14-28)25-27-22-21(35-25)11-10-20(26)23(22)34-2/h6-11,17H,3-5,12-16H2,1-2H3. The Morgan fingerprint density at radius 1 is 1.06 bits per heavy atom. The highest BCUT2D eigenvalue weighted by atomic mass is 35.5. The number of methoxy groups -OCH3 is 1. The lowest BCUT2D eigenvalue weighted by Gasteiger charge is -2.34. The maximum atomic E-state index is 13.1. The summed E-state index contributed by atoms with van der Waals surface area (Å²) in [6, 6.07) is 10.1. The number of aromatic nitrogens is 1. The van der Waals surface area contributed by atoms with E-state index >= 15 is 0 Å². The molecule has 1 atom stereocenters. The zero-order valence-electron chi connectivity index (χ0n) is 20.3. The number of nitrogens with zero attached hydrogens (tertiary/aromatic N) is 4. The Labute approximate surface area is 220 Å². The van der Waals surface area contributed by atoms with Gasteiger partial charge in [-0.3, -0.25) is 4.79 Å². The Hall–Kier alpha value is -2.40. The number of carbonyl (C=O) groups excluding carboxylic acids is 1. The van der Waals surface area contributed by atoms with Gasteiger partial charge in [-0.2, -0.15) is 4.31 Å². The molecule has 3 aromatic rings. The first-order chi connectivity index (χ1) is 17.3. The fourth-order valence-electron chi connectivity index (χ4n) is 4.88. The summed E-state index contributed by atoms with van der Waals surface area (Å²) in [7, 11) is -1.97. The van der Waals surface area contributed by atoms with Gasteiger partial charge in [0.25, 0.3) is 5.91 Å². The molecule has 0 saturated carbocycles. The van der Waals surface area contributed by atoms with Gasteiger partial charge < -0.3 is 14.5 Å². The lowest BCUT2D eigenvalue weighted by molar-refractivity contribution is 0.0746. The number of hydrogen-bond acceptors (Lipinski definition) is 7. The van der Waals surface area contributed by atoms with Gasteiger partial charge in [-0.1, -0.05) is 29.4 Å². The van der Waals surface area contributed by atoms with Gasteiger partial charge in [-0.25, -0.2) is 13.4 Å². The highest BCUT2D eigenvalue weighted by Crippen LogP contribution is 2.38. The molecule has 0 aliphatic carbocycles. The summed E-state index contributed by atoms with van der Waals surface area (Å²) in [6.07, 6.45) is 2.81. The van der Waals surface area contributed by atoms with Crippen molar-refractivity contribution in [2.75, 3.05) is 44.7 Å². The number of carbonyl (C=O) groups is 1. The fraction of sp³-hybridized carbons (Fsp3) is 0.440. The predicted octanol–water partition coefficient (Wildman–Crippen LogP) is 4.48. The van der Waals surface area contributed by atoms with Gasteiger partial charge in [-0.05, 0) is 56.2 Å². The molecule has 0 spiro atoms. The van der Waals surface area contributed by atoms with Crippen LogP contribution < -0.4 is 9.64 Å². The second-order valence-corrected chi connectivity index (χ2v) is 12.5. The molecule has 0 bridgehead atoms. The number of piperidine rings is 1. The Morgan fingerprint density at radius 3 is 2.44 bits per heavy atom. The Bertz CT molecular complexity index is 1370. The molecule has 2 saturated heterocycles. The summed E-state index contributed by atoms with van der Waals surface area (Å²) in [4.78, 5) is 22.1. The van der Waals surface area contributed by atoms with Crippen molar-refractivity contribution in [3.63, 3.8) is 0 Å². The van der Waals surface area contributed by atoms with Crippen LogP contribution in [0, 0.1) is 0 Å². The molecule has 36 heavy (non-hydrogen) atoms. The summed E-state index contributed by atoms with van der Waals surface area (Å²) in [6.45, 7) is 4.91. The van der Waals surface area contributed by atoms with Crippen molar-refractivity contribution in [3.8, 4) is 5.75 Å². The van der Waals surface area contributed by atoms with Crippen molar-refractivity contribution in [1.29, 1.82) is 0 Å². The Kier molecular flexibility index (Phi) is 7.13. The molecule has 8 nitrogen and oxygen atoms in total. The smallest absolute Gasteiger partial charge is 0.253 e. The third kappa shape index (κ3) is 4.67. The lowest BCUT2D eigenvalue weighted by Crippen LogP contribution is -2.48. The summed E-state index contributed by atoms with van der Waals surface area (Å²) in [5.41, 5.74) is 1.24. The van der Waals surface area contributed by atoms with Crippen LogP contribution in [0.4, 0.5) is 5.13 Å².